The molecule has 1 unspecified atom stereocenters. The van der Waals surface area contributed by atoms with Gasteiger partial charge in [0.2, 0.25) is 5.91 Å². The quantitative estimate of drug-likeness (QED) is 0.772. The van der Waals surface area contributed by atoms with Gasteiger partial charge in [0, 0.05) is 5.02 Å². The number of para-hydroxylation sites is 2. The Morgan fingerprint density at radius 3 is 2.68 bits per heavy atom. The molecule has 2 N–H and O–H groups in total. The van der Waals surface area contributed by atoms with Crippen molar-refractivity contribution in [1.29, 1.82) is 0 Å². The third-order valence-corrected chi connectivity index (χ3v) is 3.73. The molecule has 112 valence electrons. The van der Waals surface area contributed by atoms with Crippen molar-refractivity contribution in [3.63, 3.8) is 0 Å². The molecule has 0 fully saturated rings. The van der Waals surface area contributed by atoms with E-state index < -0.39 is 0 Å². The lowest BCUT2D eigenvalue weighted by Crippen LogP contribution is -2.28. The molecule has 1 aromatic heterocycles. The van der Waals surface area contributed by atoms with E-state index in [9.17, 15) is 4.79 Å². The molecule has 0 spiro atoms. The van der Waals surface area contributed by atoms with Crippen LogP contribution in [0.5, 0.6) is 0 Å². The number of H-pyrrole nitrogens is 1. The van der Waals surface area contributed by atoms with Gasteiger partial charge in [0.1, 0.15) is 5.82 Å². The number of halogens is 1. The molecule has 0 radical (unpaired) electrons. The SMILES string of the molecule is CC(NC(=O)Cc1ccc(Cl)cc1)c1nc2ccccc2[nH]1. The van der Waals surface area contributed by atoms with Crippen molar-refractivity contribution >= 4 is 28.5 Å². The van der Waals surface area contributed by atoms with Crippen molar-refractivity contribution in [2.75, 3.05) is 0 Å². The molecule has 4 nitrogen and oxygen atoms in total. The maximum absolute atomic E-state index is 12.1. The Labute approximate surface area is 133 Å². The Morgan fingerprint density at radius 2 is 1.95 bits per heavy atom. The standard InChI is InChI=1S/C17H16ClN3O/c1-11(17-20-14-4-2-3-5-15(14)21-17)19-16(22)10-12-6-8-13(18)9-7-12/h2-9,11H,10H2,1H3,(H,19,22)(H,20,21). The molecule has 0 saturated heterocycles. The van der Waals surface area contributed by atoms with Crippen molar-refractivity contribution in [2.24, 2.45) is 0 Å². The average molecular weight is 314 g/mol. The largest absolute Gasteiger partial charge is 0.346 e. The van der Waals surface area contributed by atoms with E-state index in [2.05, 4.69) is 15.3 Å². The summed E-state index contributed by atoms with van der Waals surface area (Å²) in [5.41, 5.74) is 2.80. The first-order valence-electron chi connectivity index (χ1n) is 7.10. The van der Waals surface area contributed by atoms with Gasteiger partial charge in [0.05, 0.1) is 23.5 Å². The zero-order valence-corrected chi connectivity index (χ0v) is 12.9. The lowest BCUT2D eigenvalue weighted by Gasteiger charge is -2.11. The van der Waals surface area contributed by atoms with Crippen LogP contribution in [0.1, 0.15) is 24.4 Å². The van der Waals surface area contributed by atoms with Gasteiger partial charge in [-0.05, 0) is 36.8 Å². The zero-order chi connectivity index (χ0) is 15.5. The predicted octanol–water partition coefficient (Wildman–Crippen LogP) is 3.64. The molecular formula is C17H16ClN3O. The normalized spacial score (nSPS) is 12.3. The Bertz CT molecular complexity index is 762. The first-order valence-corrected chi connectivity index (χ1v) is 7.48. The molecule has 3 aromatic rings. The summed E-state index contributed by atoms with van der Waals surface area (Å²) in [7, 11) is 0. The maximum Gasteiger partial charge on any atom is 0.224 e. The number of imidazole rings is 1. The highest BCUT2D eigenvalue weighted by Crippen LogP contribution is 2.16. The Morgan fingerprint density at radius 1 is 1.23 bits per heavy atom. The number of amides is 1. The van der Waals surface area contributed by atoms with Gasteiger partial charge in [0.25, 0.3) is 0 Å². The van der Waals surface area contributed by atoms with E-state index in [1.54, 1.807) is 12.1 Å². The first kappa shape index (κ1) is 14.6. The van der Waals surface area contributed by atoms with Gasteiger partial charge in [-0.3, -0.25) is 4.79 Å². The average Bonchev–Trinajstić information content (AvgIpc) is 2.93. The second kappa shape index (κ2) is 6.20. The van der Waals surface area contributed by atoms with E-state index in [1.165, 1.54) is 0 Å². The van der Waals surface area contributed by atoms with E-state index in [0.717, 1.165) is 22.4 Å². The number of aromatic nitrogens is 2. The van der Waals surface area contributed by atoms with Gasteiger partial charge in [0.15, 0.2) is 0 Å². The second-order valence-corrected chi connectivity index (χ2v) is 5.67. The third-order valence-electron chi connectivity index (χ3n) is 3.47. The van der Waals surface area contributed by atoms with Crippen molar-refractivity contribution < 1.29 is 4.79 Å². The number of hydrogen-bond acceptors (Lipinski definition) is 2. The van der Waals surface area contributed by atoms with Gasteiger partial charge < -0.3 is 10.3 Å². The number of nitrogens with one attached hydrogen (secondary N) is 2. The highest BCUT2D eigenvalue weighted by atomic mass is 35.5. The number of carbonyl (C=O) groups is 1. The molecule has 2 aromatic carbocycles. The lowest BCUT2D eigenvalue weighted by molar-refractivity contribution is -0.121. The fraction of sp³-hybridized carbons (Fsp3) is 0.176. The van der Waals surface area contributed by atoms with Crippen molar-refractivity contribution in [2.45, 2.75) is 19.4 Å². The minimum atomic E-state index is -0.174. The smallest absolute Gasteiger partial charge is 0.224 e. The molecular weight excluding hydrogens is 298 g/mol. The van der Waals surface area contributed by atoms with Gasteiger partial charge in [-0.2, -0.15) is 0 Å². The minimum Gasteiger partial charge on any atom is -0.346 e. The van der Waals surface area contributed by atoms with E-state index >= 15 is 0 Å². The lowest BCUT2D eigenvalue weighted by atomic mass is 10.1. The summed E-state index contributed by atoms with van der Waals surface area (Å²) in [5.74, 6) is 0.709. The molecule has 0 saturated carbocycles. The Kier molecular flexibility index (Phi) is 4.11. The van der Waals surface area contributed by atoms with E-state index in [0.29, 0.717) is 11.4 Å². The maximum atomic E-state index is 12.1. The van der Waals surface area contributed by atoms with Crippen LogP contribution < -0.4 is 5.32 Å². The third kappa shape index (κ3) is 3.28. The zero-order valence-electron chi connectivity index (χ0n) is 12.1. The molecule has 1 atom stereocenters. The predicted molar refractivity (Wildman–Crippen MR) is 87.8 cm³/mol. The van der Waals surface area contributed by atoms with Crippen LogP contribution in [0.3, 0.4) is 0 Å². The van der Waals surface area contributed by atoms with Gasteiger partial charge in [-0.15, -0.1) is 0 Å². The molecule has 22 heavy (non-hydrogen) atoms. The topological polar surface area (TPSA) is 57.8 Å². The van der Waals surface area contributed by atoms with E-state index in [-0.39, 0.29) is 11.9 Å². The summed E-state index contributed by atoms with van der Waals surface area (Å²) in [6, 6.07) is 14.9. The Hall–Kier alpha value is -2.33. The number of benzene rings is 2. The van der Waals surface area contributed by atoms with E-state index in [4.69, 9.17) is 11.6 Å². The van der Waals surface area contributed by atoms with Crippen LogP contribution >= 0.6 is 11.6 Å². The summed E-state index contributed by atoms with van der Waals surface area (Å²) < 4.78 is 0. The summed E-state index contributed by atoms with van der Waals surface area (Å²) in [4.78, 5) is 19.8. The van der Waals surface area contributed by atoms with Crippen molar-refractivity contribution in [3.05, 3.63) is 64.9 Å². The number of fused-ring (bicyclic) bond motifs is 1. The number of nitrogens with zero attached hydrogens (tertiary/aromatic N) is 1. The van der Waals surface area contributed by atoms with Crippen molar-refractivity contribution in [1.82, 2.24) is 15.3 Å². The van der Waals surface area contributed by atoms with Crippen LogP contribution in [-0.2, 0) is 11.2 Å². The van der Waals surface area contributed by atoms with Crippen LogP contribution in [0.2, 0.25) is 5.02 Å². The van der Waals surface area contributed by atoms with Gasteiger partial charge in [-0.25, -0.2) is 4.98 Å². The minimum absolute atomic E-state index is 0.0460. The monoisotopic (exact) mass is 313 g/mol. The molecule has 1 heterocycles. The number of aromatic amines is 1. The fourth-order valence-corrected chi connectivity index (χ4v) is 2.45. The molecule has 3 rings (SSSR count). The van der Waals surface area contributed by atoms with Crippen LogP contribution in [0, 0.1) is 0 Å². The molecule has 5 heteroatoms. The number of rotatable bonds is 4. The second-order valence-electron chi connectivity index (χ2n) is 5.23. The van der Waals surface area contributed by atoms with Gasteiger partial charge >= 0.3 is 0 Å². The first-order chi connectivity index (χ1) is 10.6. The highest BCUT2D eigenvalue weighted by molar-refractivity contribution is 6.30. The summed E-state index contributed by atoms with van der Waals surface area (Å²) in [6.07, 6.45) is 0.321. The van der Waals surface area contributed by atoms with Crippen LogP contribution in [0.4, 0.5) is 0 Å². The van der Waals surface area contributed by atoms with Crippen LogP contribution in [0.25, 0.3) is 11.0 Å². The molecule has 0 aliphatic heterocycles. The summed E-state index contributed by atoms with van der Waals surface area (Å²) >= 11 is 5.84. The molecule has 0 bridgehead atoms. The fourth-order valence-electron chi connectivity index (χ4n) is 2.33. The number of hydrogen-bond donors (Lipinski definition) is 2. The highest BCUT2D eigenvalue weighted by Gasteiger charge is 2.13. The Balaban J connectivity index is 1.66. The number of carbonyl (C=O) groups excluding carboxylic acids is 1. The van der Waals surface area contributed by atoms with E-state index in [1.807, 2.05) is 43.3 Å². The summed E-state index contributed by atoms with van der Waals surface area (Å²) in [5, 5.41) is 3.62. The summed E-state index contributed by atoms with van der Waals surface area (Å²) in [6.45, 7) is 1.91. The molecule has 0 aliphatic rings. The van der Waals surface area contributed by atoms with Gasteiger partial charge in [-0.1, -0.05) is 35.9 Å². The van der Waals surface area contributed by atoms with Crippen molar-refractivity contribution in [3.8, 4) is 0 Å². The van der Waals surface area contributed by atoms with Crippen LogP contribution in [0.15, 0.2) is 48.5 Å². The molecule has 1 amide bonds. The van der Waals surface area contributed by atoms with Crippen LogP contribution in [-0.4, -0.2) is 15.9 Å². The molecule has 0 aliphatic carbocycles.